The van der Waals surface area contributed by atoms with E-state index in [1.165, 1.54) is 24.3 Å². The van der Waals surface area contributed by atoms with Crippen molar-refractivity contribution in [3.05, 3.63) is 129 Å². The minimum absolute atomic E-state index is 0.0170. The summed E-state index contributed by atoms with van der Waals surface area (Å²) in [5.41, 5.74) is 2.25. The van der Waals surface area contributed by atoms with E-state index in [-0.39, 0.29) is 44.9 Å². The minimum Gasteiger partial charge on any atom is -0.508 e. The van der Waals surface area contributed by atoms with Crippen LogP contribution < -0.4 is 0 Å². The van der Waals surface area contributed by atoms with Gasteiger partial charge >= 0.3 is 0 Å². The summed E-state index contributed by atoms with van der Waals surface area (Å²) in [6.07, 6.45) is 0.871. The number of aromatic hydroxyl groups is 2. The standard InChI is InChI=1S/C37H30O7/c1-5-27-33(21-11-7-9-13-29(21)43-27)36(41)31-19(3)25(38)17-15-23(31)35(40)24-16-18-26(39)20(4)32(24)37(42)34-22-12-8-10-14-30(22)44-28(34)6-2/h7-18,38-39H,5-6H2,1-4H3. The van der Waals surface area contributed by atoms with Gasteiger partial charge in [0.25, 0.3) is 0 Å². The number of carbonyl (C=O) groups excluding carboxylic acids is 3. The van der Waals surface area contributed by atoms with E-state index < -0.39 is 17.3 Å². The van der Waals surface area contributed by atoms with E-state index in [1.807, 2.05) is 26.0 Å². The summed E-state index contributed by atoms with van der Waals surface area (Å²) in [5.74, 6) is -0.903. The van der Waals surface area contributed by atoms with Crippen LogP contribution in [0.4, 0.5) is 0 Å². The van der Waals surface area contributed by atoms with E-state index in [4.69, 9.17) is 8.83 Å². The molecule has 2 heterocycles. The van der Waals surface area contributed by atoms with Gasteiger partial charge in [0.2, 0.25) is 0 Å². The highest BCUT2D eigenvalue weighted by Gasteiger charge is 2.32. The molecule has 0 amide bonds. The predicted molar refractivity (Wildman–Crippen MR) is 167 cm³/mol. The van der Waals surface area contributed by atoms with Gasteiger partial charge in [0, 0.05) is 57.0 Å². The second kappa shape index (κ2) is 11.0. The number of carbonyl (C=O) groups is 3. The molecule has 220 valence electrons. The van der Waals surface area contributed by atoms with E-state index in [1.54, 1.807) is 50.2 Å². The van der Waals surface area contributed by atoms with E-state index in [9.17, 15) is 24.6 Å². The molecule has 6 aromatic rings. The molecule has 0 aliphatic rings. The maximum atomic E-state index is 14.5. The lowest BCUT2D eigenvalue weighted by molar-refractivity contribution is 0.0992. The Hall–Kier alpha value is -5.43. The minimum atomic E-state index is -0.598. The van der Waals surface area contributed by atoms with Crippen LogP contribution in [0.2, 0.25) is 0 Å². The maximum Gasteiger partial charge on any atom is 0.198 e. The molecule has 2 aromatic heterocycles. The van der Waals surface area contributed by atoms with Crippen molar-refractivity contribution in [1.82, 2.24) is 0 Å². The highest BCUT2D eigenvalue weighted by atomic mass is 16.3. The molecular weight excluding hydrogens is 556 g/mol. The molecule has 0 aliphatic heterocycles. The maximum absolute atomic E-state index is 14.5. The number of phenolic OH excluding ortho intramolecular Hbond substituents is 2. The molecule has 0 unspecified atom stereocenters. The second-order valence-corrected chi connectivity index (χ2v) is 10.8. The number of para-hydroxylation sites is 2. The summed E-state index contributed by atoms with van der Waals surface area (Å²) >= 11 is 0. The summed E-state index contributed by atoms with van der Waals surface area (Å²) in [6.45, 7) is 6.90. The largest absolute Gasteiger partial charge is 0.508 e. The number of hydrogen-bond acceptors (Lipinski definition) is 7. The highest BCUT2D eigenvalue weighted by molar-refractivity contribution is 6.27. The molecule has 7 nitrogen and oxygen atoms in total. The fraction of sp³-hybridized carbons (Fsp3) is 0.162. The fourth-order valence-electron chi connectivity index (χ4n) is 5.95. The molecule has 0 radical (unpaired) electrons. The Kier molecular flexibility index (Phi) is 7.17. The lowest BCUT2D eigenvalue weighted by Crippen LogP contribution is -2.18. The Labute approximate surface area is 253 Å². The van der Waals surface area contributed by atoms with Crippen LogP contribution in [0.5, 0.6) is 11.5 Å². The first kappa shape index (κ1) is 28.7. The van der Waals surface area contributed by atoms with Gasteiger partial charge in [-0.1, -0.05) is 50.2 Å². The Morgan fingerprint density at radius 1 is 0.545 bits per heavy atom. The van der Waals surface area contributed by atoms with Gasteiger partial charge in [0.15, 0.2) is 17.3 Å². The van der Waals surface area contributed by atoms with Crippen LogP contribution >= 0.6 is 0 Å². The number of rotatable bonds is 8. The van der Waals surface area contributed by atoms with Crippen molar-refractivity contribution in [2.75, 3.05) is 0 Å². The smallest absolute Gasteiger partial charge is 0.198 e. The fourth-order valence-corrected chi connectivity index (χ4v) is 5.95. The molecule has 0 spiro atoms. The van der Waals surface area contributed by atoms with Crippen LogP contribution in [0.25, 0.3) is 21.9 Å². The monoisotopic (exact) mass is 586 g/mol. The Balaban J connectivity index is 1.56. The van der Waals surface area contributed by atoms with Crippen molar-refractivity contribution in [2.24, 2.45) is 0 Å². The average Bonchev–Trinajstić information content (AvgIpc) is 3.61. The van der Waals surface area contributed by atoms with Gasteiger partial charge in [-0.3, -0.25) is 14.4 Å². The zero-order valence-electron chi connectivity index (χ0n) is 24.8. The van der Waals surface area contributed by atoms with Crippen LogP contribution in [0.1, 0.15) is 84.3 Å². The van der Waals surface area contributed by atoms with Gasteiger partial charge < -0.3 is 19.0 Å². The summed E-state index contributed by atoms with van der Waals surface area (Å²) in [5, 5.41) is 22.6. The second-order valence-electron chi connectivity index (χ2n) is 10.8. The molecule has 0 fully saturated rings. The lowest BCUT2D eigenvalue weighted by Gasteiger charge is -2.16. The normalized spacial score (nSPS) is 11.4. The SMILES string of the molecule is CCc1oc2ccccc2c1C(=O)c1c(C(=O)c2ccc(O)c(C)c2C(=O)c2c(CC)oc3ccccc23)ccc(O)c1C. The van der Waals surface area contributed by atoms with Crippen molar-refractivity contribution in [1.29, 1.82) is 0 Å². The highest BCUT2D eigenvalue weighted by Crippen LogP contribution is 2.36. The molecule has 0 bridgehead atoms. The lowest BCUT2D eigenvalue weighted by atomic mass is 9.85. The van der Waals surface area contributed by atoms with Gasteiger partial charge in [-0.15, -0.1) is 0 Å². The predicted octanol–water partition coefficient (Wildman–Crippen LogP) is 8.02. The Bertz CT molecular complexity index is 1990. The van der Waals surface area contributed by atoms with Crippen LogP contribution in [0.15, 0.2) is 81.6 Å². The number of fused-ring (bicyclic) bond motifs is 2. The number of aryl methyl sites for hydroxylation is 2. The number of hydrogen-bond donors (Lipinski definition) is 2. The van der Waals surface area contributed by atoms with Crippen molar-refractivity contribution >= 4 is 39.3 Å². The molecule has 4 aromatic carbocycles. The molecule has 0 saturated carbocycles. The molecule has 6 rings (SSSR count). The van der Waals surface area contributed by atoms with E-state index in [0.29, 0.717) is 57.4 Å². The van der Waals surface area contributed by atoms with Gasteiger partial charge in [-0.2, -0.15) is 0 Å². The van der Waals surface area contributed by atoms with E-state index in [2.05, 4.69) is 0 Å². The third-order valence-corrected chi connectivity index (χ3v) is 8.25. The number of ketones is 3. The van der Waals surface area contributed by atoms with Gasteiger partial charge in [-0.25, -0.2) is 0 Å². The third-order valence-electron chi connectivity index (χ3n) is 8.25. The zero-order valence-corrected chi connectivity index (χ0v) is 24.8. The van der Waals surface area contributed by atoms with Crippen molar-refractivity contribution in [2.45, 2.75) is 40.5 Å². The molecule has 0 aliphatic carbocycles. The molecule has 0 saturated heterocycles. The van der Waals surface area contributed by atoms with Crippen LogP contribution in [-0.4, -0.2) is 27.6 Å². The first-order chi connectivity index (χ1) is 21.2. The first-order valence-corrected chi connectivity index (χ1v) is 14.5. The zero-order chi connectivity index (χ0) is 31.3. The summed E-state index contributed by atoms with van der Waals surface area (Å²) < 4.78 is 11.9. The van der Waals surface area contributed by atoms with Gasteiger partial charge in [0.1, 0.15) is 34.2 Å². The molecule has 7 heteroatoms. The van der Waals surface area contributed by atoms with Crippen molar-refractivity contribution < 1.29 is 33.4 Å². The van der Waals surface area contributed by atoms with E-state index in [0.717, 1.165) is 0 Å². The summed E-state index contributed by atoms with van der Waals surface area (Å²) in [6, 6.07) is 19.9. The van der Waals surface area contributed by atoms with Crippen LogP contribution in [0, 0.1) is 13.8 Å². The van der Waals surface area contributed by atoms with Gasteiger partial charge in [-0.05, 0) is 50.2 Å². The molecule has 44 heavy (non-hydrogen) atoms. The van der Waals surface area contributed by atoms with Crippen molar-refractivity contribution in [3.63, 3.8) is 0 Å². The number of benzene rings is 4. The summed E-state index contributed by atoms with van der Waals surface area (Å²) in [7, 11) is 0. The Morgan fingerprint density at radius 2 is 0.932 bits per heavy atom. The Morgan fingerprint density at radius 3 is 1.32 bits per heavy atom. The number of furan rings is 2. The first-order valence-electron chi connectivity index (χ1n) is 14.5. The van der Waals surface area contributed by atoms with Crippen molar-refractivity contribution in [3.8, 4) is 11.5 Å². The van der Waals surface area contributed by atoms with Crippen LogP contribution in [-0.2, 0) is 12.8 Å². The van der Waals surface area contributed by atoms with E-state index >= 15 is 0 Å². The average molecular weight is 587 g/mol. The van der Waals surface area contributed by atoms with Crippen LogP contribution in [0.3, 0.4) is 0 Å². The third kappa shape index (κ3) is 4.40. The molecular formula is C37H30O7. The molecule has 0 atom stereocenters. The number of phenols is 2. The summed E-state index contributed by atoms with van der Waals surface area (Å²) in [4.78, 5) is 43.2. The quantitative estimate of drug-likeness (QED) is 0.173. The molecule has 2 N–H and O–H groups in total. The topological polar surface area (TPSA) is 118 Å². The van der Waals surface area contributed by atoms with Gasteiger partial charge in [0.05, 0.1) is 11.1 Å².